The van der Waals surface area contributed by atoms with Gasteiger partial charge in [0.1, 0.15) is 11.9 Å². The van der Waals surface area contributed by atoms with Crippen molar-refractivity contribution in [1.82, 2.24) is 5.32 Å². The van der Waals surface area contributed by atoms with Crippen molar-refractivity contribution in [2.24, 2.45) is 0 Å². The van der Waals surface area contributed by atoms with Crippen molar-refractivity contribution in [1.29, 1.82) is 0 Å². The number of ketones is 1. The number of rotatable bonds is 6. The summed E-state index contributed by atoms with van der Waals surface area (Å²) in [6.07, 6.45) is 4.92. The van der Waals surface area contributed by atoms with Crippen LogP contribution in [0.15, 0.2) is 71.1 Å². The molecule has 2 atom stereocenters. The highest BCUT2D eigenvalue weighted by Crippen LogP contribution is 2.48. The molecule has 2 aromatic carbocycles. The molecular formula is C30H32ClNO4. The molecule has 1 N–H and O–H groups in total. The highest BCUT2D eigenvalue weighted by atomic mass is 35.5. The topological polar surface area (TPSA) is 64.6 Å². The molecule has 2 aliphatic carbocycles. The van der Waals surface area contributed by atoms with Gasteiger partial charge in [-0.1, -0.05) is 41.9 Å². The van der Waals surface area contributed by atoms with E-state index >= 15 is 0 Å². The first-order chi connectivity index (χ1) is 17.5. The zero-order chi connectivity index (χ0) is 25.2. The molecule has 188 valence electrons. The van der Waals surface area contributed by atoms with Crippen molar-refractivity contribution >= 4 is 23.4 Å². The minimum Gasteiger partial charge on any atom is -0.494 e. The van der Waals surface area contributed by atoms with Crippen LogP contribution >= 0.6 is 11.6 Å². The highest BCUT2D eigenvalue weighted by Gasteiger charge is 2.43. The largest absolute Gasteiger partial charge is 0.494 e. The molecule has 0 radical (unpaired) electrons. The number of para-hydroxylation sites is 1. The molecule has 1 fully saturated rings. The number of dihydropyridines is 1. The predicted octanol–water partition coefficient (Wildman–Crippen LogP) is 6.59. The van der Waals surface area contributed by atoms with Crippen LogP contribution in [0.4, 0.5) is 0 Å². The van der Waals surface area contributed by atoms with Gasteiger partial charge in [0.2, 0.25) is 0 Å². The van der Waals surface area contributed by atoms with E-state index in [1.165, 1.54) is 0 Å². The molecule has 0 bridgehead atoms. The number of Topliss-reactive ketones (excluding diaryl/α,β-unsaturated/α-hetero) is 1. The number of allylic oxidation sites excluding steroid dienone is 3. The Labute approximate surface area is 217 Å². The first-order valence-electron chi connectivity index (χ1n) is 12.9. The van der Waals surface area contributed by atoms with Gasteiger partial charge >= 0.3 is 5.97 Å². The summed E-state index contributed by atoms with van der Waals surface area (Å²) in [7, 11) is 0. The molecule has 0 unspecified atom stereocenters. The number of esters is 1. The van der Waals surface area contributed by atoms with E-state index in [2.05, 4.69) is 5.32 Å². The summed E-state index contributed by atoms with van der Waals surface area (Å²) in [5, 5.41) is 4.11. The van der Waals surface area contributed by atoms with E-state index in [1.807, 2.05) is 62.4 Å². The van der Waals surface area contributed by atoms with Crippen molar-refractivity contribution in [3.05, 3.63) is 87.2 Å². The Balaban J connectivity index is 1.57. The van der Waals surface area contributed by atoms with E-state index in [-0.39, 0.29) is 23.8 Å². The molecule has 0 amide bonds. The van der Waals surface area contributed by atoms with Gasteiger partial charge in [-0.05, 0) is 75.6 Å². The Hall–Kier alpha value is -3.05. The van der Waals surface area contributed by atoms with Gasteiger partial charge in [0.25, 0.3) is 0 Å². The van der Waals surface area contributed by atoms with Crippen molar-refractivity contribution in [2.45, 2.75) is 70.3 Å². The maximum Gasteiger partial charge on any atom is 0.337 e. The smallest absolute Gasteiger partial charge is 0.337 e. The number of benzene rings is 2. The molecule has 5 rings (SSSR count). The Morgan fingerprint density at radius 3 is 2.50 bits per heavy atom. The third-order valence-corrected chi connectivity index (χ3v) is 7.75. The summed E-state index contributed by atoms with van der Waals surface area (Å²) < 4.78 is 11.9. The van der Waals surface area contributed by atoms with E-state index in [0.717, 1.165) is 48.2 Å². The van der Waals surface area contributed by atoms with Crippen LogP contribution < -0.4 is 10.1 Å². The zero-order valence-corrected chi connectivity index (χ0v) is 21.6. The Morgan fingerprint density at radius 1 is 1.06 bits per heavy atom. The maximum atomic E-state index is 13.8. The van der Waals surface area contributed by atoms with Gasteiger partial charge in [-0.2, -0.15) is 0 Å². The van der Waals surface area contributed by atoms with Crippen LogP contribution in [0.3, 0.4) is 0 Å². The summed E-state index contributed by atoms with van der Waals surface area (Å²) in [6, 6.07) is 15.4. The Morgan fingerprint density at radius 2 is 1.78 bits per heavy atom. The number of halogens is 1. The summed E-state index contributed by atoms with van der Waals surface area (Å²) in [5.74, 6) is -0.105. The molecule has 3 aliphatic rings. The summed E-state index contributed by atoms with van der Waals surface area (Å²) in [6.45, 7) is 4.33. The molecule has 2 aromatic rings. The standard InChI is InChI=1S/C30H32ClNO4/c1-3-35-26-11-7-6-10-23(26)28-27(30(34)36-22-8-4-5-9-22)18(2)32-24-16-20(17-25(33)29(24)28)19-12-14-21(31)15-13-19/h6-7,10-15,20,22,28,32H,3-5,8-9,16-17H2,1-2H3/t20-,28+/m1/s1. The lowest BCUT2D eigenvalue weighted by molar-refractivity contribution is -0.144. The monoisotopic (exact) mass is 505 g/mol. The molecule has 0 saturated heterocycles. The summed E-state index contributed by atoms with van der Waals surface area (Å²) in [4.78, 5) is 27.4. The van der Waals surface area contributed by atoms with Crippen molar-refractivity contribution in [3.8, 4) is 5.75 Å². The fourth-order valence-corrected chi connectivity index (χ4v) is 5.94. The first-order valence-corrected chi connectivity index (χ1v) is 13.3. The average molecular weight is 506 g/mol. The molecule has 6 heteroatoms. The third-order valence-electron chi connectivity index (χ3n) is 7.49. The maximum absolute atomic E-state index is 13.8. The fraction of sp³-hybridized carbons (Fsp3) is 0.400. The lowest BCUT2D eigenvalue weighted by Crippen LogP contribution is -2.36. The molecule has 36 heavy (non-hydrogen) atoms. The third kappa shape index (κ3) is 4.81. The van der Waals surface area contributed by atoms with Gasteiger partial charge in [-0.3, -0.25) is 4.79 Å². The van der Waals surface area contributed by atoms with Gasteiger partial charge in [0.15, 0.2) is 5.78 Å². The molecule has 1 aliphatic heterocycles. The number of hydrogen-bond donors (Lipinski definition) is 1. The van der Waals surface area contributed by atoms with Gasteiger partial charge in [0.05, 0.1) is 18.1 Å². The van der Waals surface area contributed by atoms with Crippen molar-refractivity contribution in [2.75, 3.05) is 6.61 Å². The molecule has 1 heterocycles. The van der Waals surface area contributed by atoms with Crippen LogP contribution in [0.2, 0.25) is 5.02 Å². The first kappa shape index (κ1) is 24.6. The Kier molecular flexibility index (Phi) is 7.20. The highest BCUT2D eigenvalue weighted by molar-refractivity contribution is 6.30. The normalized spacial score (nSPS) is 22.4. The van der Waals surface area contributed by atoms with Crippen LogP contribution in [-0.4, -0.2) is 24.5 Å². The van der Waals surface area contributed by atoms with Gasteiger partial charge in [0, 0.05) is 34.0 Å². The van der Waals surface area contributed by atoms with Gasteiger partial charge in [-0.15, -0.1) is 0 Å². The summed E-state index contributed by atoms with van der Waals surface area (Å²) in [5.41, 5.74) is 4.67. The van der Waals surface area contributed by atoms with Crippen LogP contribution in [0.25, 0.3) is 0 Å². The van der Waals surface area contributed by atoms with E-state index < -0.39 is 5.92 Å². The lowest BCUT2D eigenvalue weighted by atomic mass is 9.71. The SMILES string of the molecule is CCOc1ccccc1[C@H]1C(C(=O)OC2CCCC2)=C(C)NC2=C1C(=O)C[C@H](c1ccc(Cl)cc1)C2. The lowest BCUT2D eigenvalue weighted by Gasteiger charge is -2.37. The van der Waals surface area contributed by atoms with Gasteiger partial charge < -0.3 is 14.8 Å². The molecule has 1 saturated carbocycles. The second-order valence-electron chi connectivity index (χ2n) is 9.85. The number of nitrogens with one attached hydrogen (secondary N) is 1. The van der Waals surface area contributed by atoms with E-state index in [0.29, 0.717) is 41.4 Å². The number of ether oxygens (including phenoxy) is 2. The molecule has 0 spiro atoms. The van der Waals surface area contributed by atoms with E-state index in [1.54, 1.807) is 0 Å². The van der Waals surface area contributed by atoms with Crippen molar-refractivity contribution in [3.63, 3.8) is 0 Å². The number of carbonyl (C=O) groups excluding carboxylic acids is 2. The number of carbonyl (C=O) groups is 2. The minimum absolute atomic E-state index is 0.0404. The fourth-order valence-electron chi connectivity index (χ4n) is 5.82. The molecule has 0 aromatic heterocycles. The molecular weight excluding hydrogens is 474 g/mol. The van der Waals surface area contributed by atoms with E-state index in [4.69, 9.17) is 21.1 Å². The summed E-state index contributed by atoms with van der Waals surface area (Å²) >= 11 is 6.09. The van der Waals surface area contributed by atoms with Crippen LogP contribution in [0.5, 0.6) is 5.75 Å². The van der Waals surface area contributed by atoms with E-state index in [9.17, 15) is 9.59 Å². The van der Waals surface area contributed by atoms with Crippen molar-refractivity contribution < 1.29 is 19.1 Å². The second-order valence-corrected chi connectivity index (χ2v) is 10.3. The Bertz CT molecular complexity index is 1220. The predicted molar refractivity (Wildman–Crippen MR) is 140 cm³/mol. The van der Waals surface area contributed by atoms with Gasteiger partial charge in [-0.25, -0.2) is 4.79 Å². The average Bonchev–Trinajstić information content (AvgIpc) is 3.37. The second kappa shape index (κ2) is 10.5. The van der Waals surface area contributed by atoms with Crippen LogP contribution in [0.1, 0.15) is 75.3 Å². The molecule has 5 nitrogen and oxygen atoms in total. The quantitative estimate of drug-likeness (QED) is 0.449. The van der Waals surface area contributed by atoms with Crippen LogP contribution in [-0.2, 0) is 14.3 Å². The minimum atomic E-state index is -0.531. The van der Waals surface area contributed by atoms with Crippen LogP contribution in [0, 0.1) is 0 Å². The zero-order valence-electron chi connectivity index (χ0n) is 20.8. The number of hydrogen-bond acceptors (Lipinski definition) is 5.